The predicted molar refractivity (Wildman–Crippen MR) is 162 cm³/mol. The highest BCUT2D eigenvalue weighted by Gasteiger charge is 2.62. The molecule has 1 N–H and O–H groups in total. The highest BCUT2D eigenvalue weighted by Crippen LogP contribution is 2.41. The number of piperidine rings is 2. The average molecular weight is 623 g/mol. The molecule has 43 heavy (non-hydrogen) atoms. The van der Waals surface area contributed by atoms with Crippen LogP contribution >= 0.6 is 11.6 Å². The van der Waals surface area contributed by atoms with Crippen LogP contribution in [-0.2, 0) is 10.4 Å². The lowest BCUT2D eigenvalue weighted by Gasteiger charge is -2.40. The number of likely N-dealkylation sites (N-methyl/N-ethyl adjacent to an activating group) is 2. The molecule has 2 aliphatic rings. The van der Waals surface area contributed by atoms with E-state index < -0.39 is 23.2 Å². The SMILES string of the molecule is CN(C)CCN(C)C(=O)c1ccc(N2CCC(CC3CCN(C(=O)C(O)(c4ccccc4)C(F)(F)F)CC3)CC2)cc1Cl. The molecule has 236 valence electrons. The van der Waals surface area contributed by atoms with Crippen LogP contribution in [0.1, 0.15) is 48.0 Å². The number of carbonyl (C=O) groups is 2. The summed E-state index contributed by atoms with van der Waals surface area (Å²) >= 11 is 6.54. The Labute approximate surface area is 257 Å². The van der Waals surface area contributed by atoms with Gasteiger partial charge >= 0.3 is 6.18 Å². The summed E-state index contributed by atoms with van der Waals surface area (Å²) in [5, 5.41) is 11.1. The third-order valence-corrected chi connectivity index (χ3v) is 9.18. The molecule has 0 aromatic heterocycles. The summed E-state index contributed by atoms with van der Waals surface area (Å²) in [5.41, 5.74) is -2.54. The number of aliphatic hydroxyl groups is 1. The van der Waals surface area contributed by atoms with Crippen molar-refractivity contribution in [1.82, 2.24) is 14.7 Å². The highest BCUT2D eigenvalue weighted by atomic mass is 35.5. The topological polar surface area (TPSA) is 67.3 Å². The van der Waals surface area contributed by atoms with Crippen LogP contribution in [-0.4, -0.2) is 98.2 Å². The van der Waals surface area contributed by atoms with Gasteiger partial charge in [0.2, 0.25) is 0 Å². The molecule has 0 radical (unpaired) electrons. The van der Waals surface area contributed by atoms with Crippen LogP contribution in [0.3, 0.4) is 0 Å². The first-order chi connectivity index (χ1) is 20.3. The summed E-state index contributed by atoms with van der Waals surface area (Å²) in [4.78, 5) is 33.0. The number of amides is 2. The molecule has 0 spiro atoms. The second kappa shape index (κ2) is 13.9. The van der Waals surface area contributed by atoms with E-state index in [2.05, 4.69) is 4.90 Å². The van der Waals surface area contributed by atoms with Crippen molar-refractivity contribution < 1.29 is 27.9 Å². The average Bonchev–Trinajstić information content (AvgIpc) is 2.99. The number of hydrogen-bond acceptors (Lipinski definition) is 5. The Hall–Kier alpha value is -2.82. The number of nitrogens with zero attached hydrogens (tertiary/aromatic N) is 4. The number of alkyl halides is 3. The van der Waals surface area contributed by atoms with Gasteiger partial charge in [-0.2, -0.15) is 13.2 Å². The summed E-state index contributed by atoms with van der Waals surface area (Å²) in [7, 11) is 5.70. The Morgan fingerprint density at radius 2 is 1.49 bits per heavy atom. The molecule has 0 aliphatic carbocycles. The van der Waals surface area contributed by atoms with Crippen molar-refractivity contribution in [1.29, 1.82) is 0 Å². The number of hydrogen-bond donors (Lipinski definition) is 1. The molecule has 0 saturated carbocycles. The van der Waals surface area contributed by atoms with Gasteiger partial charge in [-0.15, -0.1) is 0 Å². The van der Waals surface area contributed by atoms with Gasteiger partial charge in [0, 0.05) is 57.6 Å². The maximum atomic E-state index is 14.0. The molecule has 7 nitrogen and oxygen atoms in total. The molecular weight excluding hydrogens is 581 g/mol. The smallest absolute Gasteiger partial charge is 0.371 e. The van der Waals surface area contributed by atoms with Gasteiger partial charge in [-0.3, -0.25) is 9.59 Å². The van der Waals surface area contributed by atoms with Crippen LogP contribution in [0.2, 0.25) is 5.02 Å². The van der Waals surface area contributed by atoms with Gasteiger partial charge in [0.05, 0.1) is 10.6 Å². The van der Waals surface area contributed by atoms with E-state index in [4.69, 9.17) is 11.6 Å². The first kappa shape index (κ1) is 33.1. The minimum atomic E-state index is -5.13. The Bertz CT molecular complexity index is 1250. The van der Waals surface area contributed by atoms with E-state index >= 15 is 0 Å². The predicted octanol–water partition coefficient (Wildman–Crippen LogP) is 5.27. The van der Waals surface area contributed by atoms with Crippen molar-refractivity contribution in [2.24, 2.45) is 11.8 Å². The first-order valence-corrected chi connectivity index (χ1v) is 15.3. The molecule has 2 aromatic carbocycles. The van der Waals surface area contributed by atoms with Crippen LogP contribution in [0.4, 0.5) is 18.9 Å². The van der Waals surface area contributed by atoms with Gasteiger partial charge in [0.15, 0.2) is 0 Å². The van der Waals surface area contributed by atoms with Gasteiger partial charge in [-0.1, -0.05) is 41.9 Å². The van der Waals surface area contributed by atoms with Crippen molar-refractivity contribution >= 4 is 29.1 Å². The van der Waals surface area contributed by atoms with Crippen molar-refractivity contribution in [2.75, 3.05) is 65.3 Å². The number of rotatable bonds is 9. The maximum absolute atomic E-state index is 14.0. The molecular formula is C32H42ClF3N4O3. The number of halogens is 4. The molecule has 2 saturated heterocycles. The lowest BCUT2D eigenvalue weighted by atomic mass is 9.82. The Morgan fingerprint density at radius 3 is 2.02 bits per heavy atom. The molecule has 1 atom stereocenters. The van der Waals surface area contributed by atoms with Gasteiger partial charge in [0.1, 0.15) is 0 Å². The normalized spacial score (nSPS) is 18.5. The van der Waals surface area contributed by atoms with Crippen LogP contribution in [0.25, 0.3) is 0 Å². The summed E-state index contributed by atoms with van der Waals surface area (Å²) in [6, 6.07) is 12.2. The van der Waals surface area contributed by atoms with E-state index in [1.807, 2.05) is 31.1 Å². The fraction of sp³-hybridized carbons (Fsp3) is 0.562. The van der Waals surface area contributed by atoms with Crippen molar-refractivity contribution in [2.45, 2.75) is 43.9 Å². The molecule has 2 fully saturated rings. The van der Waals surface area contributed by atoms with E-state index in [1.165, 1.54) is 12.1 Å². The Balaban J connectivity index is 1.27. The van der Waals surface area contributed by atoms with E-state index in [0.717, 1.165) is 61.6 Å². The first-order valence-electron chi connectivity index (χ1n) is 14.9. The van der Waals surface area contributed by atoms with Gasteiger partial charge < -0.3 is 24.7 Å². The van der Waals surface area contributed by atoms with E-state index in [-0.39, 0.29) is 19.0 Å². The fourth-order valence-corrected chi connectivity index (χ4v) is 6.37. The molecule has 2 heterocycles. The van der Waals surface area contributed by atoms with E-state index in [9.17, 15) is 27.9 Å². The summed E-state index contributed by atoms with van der Waals surface area (Å²) in [6.07, 6.45) is -0.977. The van der Waals surface area contributed by atoms with Crippen LogP contribution < -0.4 is 4.90 Å². The van der Waals surface area contributed by atoms with Crippen molar-refractivity contribution in [3.05, 3.63) is 64.7 Å². The van der Waals surface area contributed by atoms with Gasteiger partial charge in [-0.05, 0) is 76.2 Å². The summed E-state index contributed by atoms with van der Waals surface area (Å²) in [6.45, 7) is 3.47. The highest BCUT2D eigenvalue weighted by molar-refractivity contribution is 6.34. The van der Waals surface area contributed by atoms with Crippen LogP contribution in [0.5, 0.6) is 0 Å². The number of benzene rings is 2. The summed E-state index contributed by atoms with van der Waals surface area (Å²) in [5.74, 6) is -0.598. The Kier molecular flexibility index (Phi) is 10.7. The summed E-state index contributed by atoms with van der Waals surface area (Å²) < 4.78 is 41.9. The zero-order valence-electron chi connectivity index (χ0n) is 25.1. The number of likely N-dealkylation sites (tertiary alicyclic amines) is 1. The van der Waals surface area contributed by atoms with Crippen molar-refractivity contribution in [3.63, 3.8) is 0 Å². The number of carbonyl (C=O) groups excluding carboxylic acids is 2. The zero-order valence-corrected chi connectivity index (χ0v) is 25.9. The lowest BCUT2D eigenvalue weighted by Crippen LogP contribution is -2.57. The molecule has 2 aliphatic heterocycles. The third kappa shape index (κ3) is 7.64. The third-order valence-electron chi connectivity index (χ3n) is 8.87. The van der Waals surface area contributed by atoms with Crippen molar-refractivity contribution in [3.8, 4) is 0 Å². The minimum Gasteiger partial charge on any atom is -0.371 e. The molecule has 0 bridgehead atoms. The quantitative estimate of drug-likeness (QED) is 0.413. The monoisotopic (exact) mass is 622 g/mol. The molecule has 2 aromatic rings. The van der Waals surface area contributed by atoms with Gasteiger partial charge in [0.25, 0.3) is 17.4 Å². The molecule has 1 unspecified atom stereocenters. The largest absolute Gasteiger partial charge is 0.430 e. The number of anilines is 1. The zero-order chi connectivity index (χ0) is 31.4. The van der Waals surface area contributed by atoms with E-state index in [1.54, 1.807) is 24.1 Å². The molecule has 11 heteroatoms. The maximum Gasteiger partial charge on any atom is 0.430 e. The van der Waals surface area contributed by atoms with Gasteiger partial charge in [-0.25, -0.2) is 0 Å². The van der Waals surface area contributed by atoms with E-state index in [0.29, 0.717) is 41.8 Å². The second-order valence-corrected chi connectivity index (χ2v) is 12.6. The fourth-order valence-electron chi connectivity index (χ4n) is 6.12. The second-order valence-electron chi connectivity index (χ2n) is 12.2. The Morgan fingerprint density at radius 1 is 0.907 bits per heavy atom. The lowest BCUT2D eigenvalue weighted by molar-refractivity contribution is -0.262. The van der Waals surface area contributed by atoms with Crippen LogP contribution in [0, 0.1) is 11.8 Å². The molecule has 4 rings (SSSR count). The minimum absolute atomic E-state index is 0.104. The molecule has 2 amide bonds. The van der Waals surface area contributed by atoms with Crippen LogP contribution in [0.15, 0.2) is 48.5 Å². The standard InChI is InChI=1S/C32H42ClF3N4O3/c1-37(2)19-20-38(3)29(41)27-10-9-26(22-28(27)33)39-15-11-23(12-16-39)21-24-13-17-40(18-14-24)30(42)31(43,32(34,35)36)25-7-5-4-6-8-25/h4-10,22-24,43H,11-21H2,1-3H3.